The molecule has 1 aliphatic heterocycles. The van der Waals surface area contributed by atoms with Crippen LogP contribution in [0.3, 0.4) is 0 Å². The summed E-state index contributed by atoms with van der Waals surface area (Å²) in [6, 6.07) is 20.3. The maximum Gasteiger partial charge on any atom is 0.242 e. The molecular weight excluding hydrogens is 484 g/mol. The highest BCUT2D eigenvalue weighted by Gasteiger charge is 2.34. The van der Waals surface area contributed by atoms with E-state index >= 15 is 0 Å². The molecule has 5 rings (SSSR count). The maximum absolute atomic E-state index is 13.6. The van der Waals surface area contributed by atoms with E-state index < -0.39 is 0 Å². The highest BCUT2D eigenvalue weighted by atomic mass is 32.1. The van der Waals surface area contributed by atoms with E-state index in [0.29, 0.717) is 37.6 Å². The Kier molecular flexibility index (Phi) is 8.09. The molecule has 0 spiro atoms. The van der Waals surface area contributed by atoms with Crippen molar-refractivity contribution in [3.8, 4) is 11.5 Å². The smallest absolute Gasteiger partial charge is 0.242 e. The number of hydrogen-bond donors (Lipinski definition) is 0. The SMILES string of the molecule is COc1ccc(CN(C(=O)CN2C[C@H](c3ccccc3)CC2=O)C2CCCC2)cc1OCc1cccs1. The van der Waals surface area contributed by atoms with Crippen LogP contribution < -0.4 is 9.47 Å². The molecule has 2 aromatic carbocycles. The standard InChI is InChI=1S/C30H34N2O4S/c1-35-27-14-13-22(16-28(27)36-21-26-12-7-15-37-26)18-32(25-10-5-6-11-25)30(34)20-31-19-24(17-29(31)33)23-8-3-2-4-9-23/h2-4,7-9,12-16,24-25H,5-6,10-11,17-21H2,1H3/t24-/m1/s1. The van der Waals surface area contributed by atoms with E-state index in [1.165, 1.54) is 0 Å². The third-order valence-electron chi connectivity index (χ3n) is 7.43. The number of methoxy groups -OCH3 is 1. The molecule has 1 saturated heterocycles. The van der Waals surface area contributed by atoms with Crippen molar-refractivity contribution in [2.24, 2.45) is 0 Å². The third kappa shape index (κ3) is 6.16. The Morgan fingerprint density at radius 3 is 2.59 bits per heavy atom. The molecule has 3 aromatic rings. The molecule has 1 aliphatic carbocycles. The van der Waals surface area contributed by atoms with Crippen LogP contribution in [0.1, 0.15) is 54.0 Å². The van der Waals surface area contributed by atoms with Gasteiger partial charge >= 0.3 is 0 Å². The predicted octanol–water partition coefficient (Wildman–Crippen LogP) is 5.62. The lowest BCUT2D eigenvalue weighted by molar-refractivity contribution is -0.140. The zero-order chi connectivity index (χ0) is 25.6. The normalized spacial score (nSPS) is 17.8. The lowest BCUT2D eigenvalue weighted by Crippen LogP contribution is -2.44. The van der Waals surface area contributed by atoms with Crippen molar-refractivity contribution in [2.75, 3.05) is 20.2 Å². The highest BCUT2D eigenvalue weighted by Crippen LogP contribution is 2.32. The topological polar surface area (TPSA) is 59.1 Å². The summed E-state index contributed by atoms with van der Waals surface area (Å²) >= 11 is 1.65. The van der Waals surface area contributed by atoms with Crippen molar-refractivity contribution in [2.45, 2.75) is 57.2 Å². The van der Waals surface area contributed by atoms with E-state index in [4.69, 9.17) is 9.47 Å². The van der Waals surface area contributed by atoms with Crippen LogP contribution in [0.25, 0.3) is 0 Å². The minimum Gasteiger partial charge on any atom is -0.493 e. The van der Waals surface area contributed by atoms with Gasteiger partial charge in [-0.05, 0) is 47.5 Å². The number of amides is 2. The molecule has 0 radical (unpaired) electrons. The molecule has 2 aliphatic rings. The van der Waals surface area contributed by atoms with Crippen molar-refractivity contribution >= 4 is 23.2 Å². The van der Waals surface area contributed by atoms with Gasteiger partial charge in [0.15, 0.2) is 11.5 Å². The third-order valence-corrected chi connectivity index (χ3v) is 8.28. The summed E-state index contributed by atoms with van der Waals surface area (Å²) in [4.78, 5) is 31.3. The summed E-state index contributed by atoms with van der Waals surface area (Å²) in [7, 11) is 1.64. The van der Waals surface area contributed by atoms with Gasteiger partial charge in [0.2, 0.25) is 11.8 Å². The molecule has 1 atom stereocenters. The first-order valence-electron chi connectivity index (χ1n) is 13.0. The number of ether oxygens (including phenoxy) is 2. The summed E-state index contributed by atoms with van der Waals surface area (Å²) in [5.74, 6) is 1.57. The van der Waals surface area contributed by atoms with E-state index in [0.717, 1.165) is 41.7 Å². The van der Waals surface area contributed by atoms with Crippen LogP contribution in [0, 0.1) is 0 Å². The Morgan fingerprint density at radius 1 is 1.05 bits per heavy atom. The average molecular weight is 519 g/mol. The van der Waals surface area contributed by atoms with Gasteiger partial charge < -0.3 is 19.3 Å². The first-order chi connectivity index (χ1) is 18.1. The van der Waals surface area contributed by atoms with E-state index in [9.17, 15) is 9.59 Å². The zero-order valence-electron chi connectivity index (χ0n) is 21.3. The van der Waals surface area contributed by atoms with Crippen LogP contribution in [0.15, 0.2) is 66.0 Å². The Morgan fingerprint density at radius 2 is 1.86 bits per heavy atom. The van der Waals surface area contributed by atoms with E-state index in [-0.39, 0.29) is 30.3 Å². The number of hydrogen-bond acceptors (Lipinski definition) is 5. The van der Waals surface area contributed by atoms with Crippen LogP contribution >= 0.6 is 11.3 Å². The number of rotatable bonds is 10. The number of carbonyl (C=O) groups is 2. The number of thiophene rings is 1. The van der Waals surface area contributed by atoms with Gasteiger partial charge in [-0.3, -0.25) is 9.59 Å². The molecule has 1 aromatic heterocycles. The van der Waals surface area contributed by atoms with E-state index in [1.807, 2.05) is 58.8 Å². The van der Waals surface area contributed by atoms with Crippen LogP contribution in [-0.4, -0.2) is 47.9 Å². The molecular formula is C30H34N2O4S. The van der Waals surface area contributed by atoms with Gasteiger partial charge in [0.1, 0.15) is 6.61 Å². The number of benzene rings is 2. The predicted molar refractivity (Wildman–Crippen MR) is 145 cm³/mol. The van der Waals surface area contributed by atoms with Gasteiger partial charge in [0.25, 0.3) is 0 Å². The molecule has 2 fully saturated rings. The van der Waals surface area contributed by atoms with Crippen LogP contribution in [0.5, 0.6) is 11.5 Å². The molecule has 2 amide bonds. The maximum atomic E-state index is 13.6. The van der Waals surface area contributed by atoms with Crippen molar-refractivity contribution < 1.29 is 19.1 Å². The first-order valence-corrected chi connectivity index (χ1v) is 13.9. The number of nitrogens with zero attached hydrogens (tertiary/aromatic N) is 2. The van der Waals surface area contributed by atoms with Gasteiger partial charge in [-0.25, -0.2) is 0 Å². The number of likely N-dealkylation sites (tertiary alicyclic amines) is 1. The molecule has 7 heteroatoms. The quantitative estimate of drug-likeness (QED) is 0.349. The van der Waals surface area contributed by atoms with Crippen molar-refractivity contribution in [3.05, 3.63) is 82.0 Å². The van der Waals surface area contributed by atoms with Crippen LogP contribution in [0.2, 0.25) is 0 Å². The highest BCUT2D eigenvalue weighted by molar-refractivity contribution is 7.09. The fourth-order valence-corrected chi connectivity index (χ4v) is 6.05. The summed E-state index contributed by atoms with van der Waals surface area (Å²) < 4.78 is 11.6. The molecule has 0 unspecified atom stereocenters. The van der Waals surface area contributed by atoms with Crippen molar-refractivity contribution in [1.82, 2.24) is 9.80 Å². The number of carbonyl (C=O) groups excluding carboxylic acids is 2. The lowest BCUT2D eigenvalue weighted by atomic mass is 9.99. The Labute approximate surface area is 222 Å². The molecule has 37 heavy (non-hydrogen) atoms. The van der Waals surface area contributed by atoms with Gasteiger partial charge in [-0.2, -0.15) is 0 Å². The molecule has 0 bridgehead atoms. The fourth-order valence-electron chi connectivity index (χ4n) is 5.44. The van der Waals surface area contributed by atoms with Crippen molar-refractivity contribution in [3.63, 3.8) is 0 Å². The van der Waals surface area contributed by atoms with Crippen LogP contribution in [-0.2, 0) is 22.7 Å². The Bertz CT molecular complexity index is 1190. The minimum atomic E-state index is 0.0193. The summed E-state index contributed by atoms with van der Waals surface area (Å²) in [5.41, 5.74) is 2.16. The summed E-state index contributed by atoms with van der Waals surface area (Å²) in [6.07, 6.45) is 4.73. The Balaban J connectivity index is 1.29. The second-order valence-corrected chi connectivity index (χ2v) is 10.9. The van der Waals surface area contributed by atoms with Gasteiger partial charge in [0, 0.05) is 36.3 Å². The molecule has 6 nitrogen and oxygen atoms in total. The van der Waals surface area contributed by atoms with E-state index in [2.05, 4.69) is 12.1 Å². The zero-order valence-corrected chi connectivity index (χ0v) is 22.1. The molecule has 1 saturated carbocycles. The summed E-state index contributed by atoms with van der Waals surface area (Å²) in [5, 5.41) is 2.03. The minimum absolute atomic E-state index is 0.0193. The second-order valence-electron chi connectivity index (χ2n) is 9.90. The second kappa shape index (κ2) is 11.8. The van der Waals surface area contributed by atoms with Gasteiger partial charge in [0.05, 0.1) is 13.7 Å². The molecule has 194 valence electrons. The Hall–Kier alpha value is -3.32. The van der Waals surface area contributed by atoms with E-state index in [1.54, 1.807) is 23.3 Å². The first kappa shape index (κ1) is 25.3. The summed E-state index contributed by atoms with van der Waals surface area (Å²) in [6.45, 7) is 1.70. The lowest BCUT2D eigenvalue weighted by Gasteiger charge is -2.31. The average Bonchev–Trinajstić information content (AvgIpc) is 3.70. The largest absolute Gasteiger partial charge is 0.493 e. The molecule has 0 N–H and O–H groups in total. The monoisotopic (exact) mass is 518 g/mol. The molecule has 2 heterocycles. The fraction of sp³-hybridized carbons (Fsp3) is 0.400. The van der Waals surface area contributed by atoms with Gasteiger partial charge in [-0.15, -0.1) is 11.3 Å². The van der Waals surface area contributed by atoms with Gasteiger partial charge in [-0.1, -0.05) is 55.3 Å². The van der Waals surface area contributed by atoms with Crippen molar-refractivity contribution in [1.29, 1.82) is 0 Å². The van der Waals surface area contributed by atoms with Crippen LogP contribution in [0.4, 0.5) is 0 Å².